The van der Waals surface area contributed by atoms with E-state index in [9.17, 15) is 0 Å². The van der Waals surface area contributed by atoms with Crippen LogP contribution in [0.5, 0.6) is 0 Å². The van der Waals surface area contributed by atoms with Gasteiger partial charge in [0.05, 0.1) is 12.2 Å². The number of alkyl halides is 1. The number of hydrogen-bond donors (Lipinski definition) is 0. The maximum atomic E-state index is 6.35. The van der Waals surface area contributed by atoms with E-state index in [-0.39, 0.29) is 6.10 Å². The normalized spacial score (nSPS) is 25.9. The van der Waals surface area contributed by atoms with E-state index in [0.717, 1.165) is 10.3 Å². The molecule has 1 aromatic rings. The summed E-state index contributed by atoms with van der Waals surface area (Å²) in [6.07, 6.45) is 7.30. The third kappa shape index (κ3) is 3.95. The summed E-state index contributed by atoms with van der Waals surface area (Å²) >= 11 is 2.44. The lowest BCUT2D eigenvalue weighted by molar-refractivity contribution is -0.0305. The van der Waals surface area contributed by atoms with E-state index >= 15 is 0 Å². The summed E-state index contributed by atoms with van der Waals surface area (Å²) in [5.41, 5.74) is 1.32. The summed E-state index contributed by atoms with van der Waals surface area (Å²) in [5.74, 6) is 0.884. The van der Waals surface area contributed by atoms with Crippen LogP contribution < -0.4 is 0 Å². The smallest absolute Gasteiger partial charge is 0.0918 e. The second kappa shape index (κ2) is 7.49. The molecule has 1 nitrogen and oxygen atoms in total. The van der Waals surface area contributed by atoms with Crippen LogP contribution in [-0.2, 0) is 4.74 Å². The monoisotopic (exact) mass is 358 g/mol. The van der Waals surface area contributed by atoms with Gasteiger partial charge in [-0.05, 0) is 24.3 Å². The van der Waals surface area contributed by atoms with Gasteiger partial charge < -0.3 is 4.74 Å². The molecule has 0 radical (unpaired) electrons. The van der Waals surface area contributed by atoms with E-state index < -0.39 is 0 Å². The minimum Gasteiger partial charge on any atom is -0.369 e. The summed E-state index contributed by atoms with van der Waals surface area (Å²) in [7, 11) is 0. The zero-order chi connectivity index (χ0) is 12.8. The summed E-state index contributed by atoms with van der Waals surface area (Å²) in [6, 6.07) is 10.6. The summed E-state index contributed by atoms with van der Waals surface area (Å²) in [6.45, 7) is 2.31. The molecule has 1 aliphatic carbocycles. The lowest BCUT2D eigenvalue weighted by atomic mass is 9.85. The molecule has 2 rings (SSSR count). The number of halogens is 1. The van der Waals surface area contributed by atoms with E-state index in [1.54, 1.807) is 0 Å². The summed E-state index contributed by atoms with van der Waals surface area (Å²) in [4.78, 5) is 0. The SMILES string of the molecule is CCC1CCCC(OC(CI)c2ccccc2)C1. The number of benzene rings is 1. The molecule has 18 heavy (non-hydrogen) atoms. The molecule has 2 heteroatoms. The molecule has 3 atom stereocenters. The molecule has 0 heterocycles. The molecule has 1 aliphatic rings. The first kappa shape index (κ1) is 14.3. The van der Waals surface area contributed by atoms with E-state index in [4.69, 9.17) is 4.74 Å². The van der Waals surface area contributed by atoms with Gasteiger partial charge in [0.25, 0.3) is 0 Å². The van der Waals surface area contributed by atoms with Crippen molar-refractivity contribution in [3.05, 3.63) is 35.9 Å². The van der Waals surface area contributed by atoms with E-state index in [0.29, 0.717) is 6.10 Å². The standard InChI is InChI=1S/C16H23IO/c1-2-13-7-6-10-15(11-13)18-16(12-17)14-8-4-3-5-9-14/h3-5,8-9,13,15-16H,2,6-7,10-12H2,1H3. The third-order valence-electron chi connectivity index (χ3n) is 3.98. The van der Waals surface area contributed by atoms with Crippen LogP contribution in [0.3, 0.4) is 0 Å². The van der Waals surface area contributed by atoms with Crippen molar-refractivity contribution >= 4 is 22.6 Å². The van der Waals surface area contributed by atoms with Gasteiger partial charge in [-0.3, -0.25) is 0 Å². The molecule has 0 aliphatic heterocycles. The number of rotatable bonds is 5. The molecule has 0 aromatic heterocycles. The molecule has 0 N–H and O–H groups in total. The Balaban J connectivity index is 1.94. The van der Waals surface area contributed by atoms with Crippen LogP contribution in [0.25, 0.3) is 0 Å². The summed E-state index contributed by atoms with van der Waals surface area (Å²) in [5, 5.41) is 0. The average molecular weight is 358 g/mol. The molecule has 0 amide bonds. The fraction of sp³-hybridized carbons (Fsp3) is 0.625. The zero-order valence-electron chi connectivity index (χ0n) is 11.1. The van der Waals surface area contributed by atoms with Crippen molar-refractivity contribution in [2.45, 2.75) is 51.2 Å². The fourth-order valence-corrected chi connectivity index (χ4v) is 3.56. The van der Waals surface area contributed by atoms with Crippen molar-refractivity contribution in [2.75, 3.05) is 4.43 Å². The van der Waals surface area contributed by atoms with Crippen molar-refractivity contribution in [2.24, 2.45) is 5.92 Å². The minimum absolute atomic E-state index is 0.271. The lowest BCUT2D eigenvalue weighted by Gasteiger charge is -2.31. The molecule has 3 unspecified atom stereocenters. The van der Waals surface area contributed by atoms with Gasteiger partial charge in [0.1, 0.15) is 0 Å². The second-order valence-corrected chi connectivity index (χ2v) is 6.13. The van der Waals surface area contributed by atoms with Crippen molar-refractivity contribution in [1.29, 1.82) is 0 Å². The van der Waals surface area contributed by atoms with Crippen molar-refractivity contribution < 1.29 is 4.74 Å². The molecule has 0 bridgehead atoms. The highest BCUT2D eigenvalue weighted by molar-refractivity contribution is 14.1. The van der Waals surface area contributed by atoms with Gasteiger partial charge in [0.2, 0.25) is 0 Å². The largest absolute Gasteiger partial charge is 0.369 e. The molecule has 1 fully saturated rings. The van der Waals surface area contributed by atoms with Gasteiger partial charge in [0.15, 0.2) is 0 Å². The lowest BCUT2D eigenvalue weighted by Crippen LogP contribution is -2.25. The van der Waals surface area contributed by atoms with E-state index in [2.05, 4.69) is 59.8 Å². The fourth-order valence-electron chi connectivity index (χ4n) is 2.84. The molecule has 0 saturated heterocycles. The van der Waals surface area contributed by atoms with Gasteiger partial charge in [-0.2, -0.15) is 0 Å². The zero-order valence-corrected chi connectivity index (χ0v) is 13.3. The molecule has 1 aromatic carbocycles. The van der Waals surface area contributed by atoms with Gasteiger partial charge >= 0.3 is 0 Å². The highest BCUT2D eigenvalue weighted by Crippen LogP contribution is 2.32. The molecule has 1 saturated carbocycles. The van der Waals surface area contributed by atoms with Crippen LogP contribution in [-0.4, -0.2) is 10.5 Å². The van der Waals surface area contributed by atoms with Crippen LogP contribution >= 0.6 is 22.6 Å². The van der Waals surface area contributed by atoms with E-state index in [1.807, 2.05) is 0 Å². The Morgan fingerprint density at radius 1 is 1.28 bits per heavy atom. The van der Waals surface area contributed by atoms with Crippen LogP contribution in [0.4, 0.5) is 0 Å². The number of hydrogen-bond acceptors (Lipinski definition) is 1. The van der Waals surface area contributed by atoms with Crippen LogP contribution in [0, 0.1) is 5.92 Å². The predicted molar refractivity (Wildman–Crippen MR) is 85.2 cm³/mol. The Labute approximate surface area is 124 Å². The predicted octanol–water partition coefficient (Wildman–Crippen LogP) is 5.15. The third-order valence-corrected chi connectivity index (χ3v) is 4.78. The van der Waals surface area contributed by atoms with Crippen LogP contribution in [0.1, 0.15) is 50.7 Å². The first-order valence-corrected chi connectivity index (χ1v) is 8.62. The van der Waals surface area contributed by atoms with Gasteiger partial charge in [0, 0.05) is 4.43 Å². The topological polar surface area (TPSA) is 9.23 Å². The van der Waals surface area contributed by atoms with Crippen molar-refractivity contribution in [1.82, 2.24) is 0 Å². The molecular formula is C16H23IO. The van der Waals surface area contributed by atoms with Gasteiger partial charge in [-0.25, -0.2) is 0 Å². The molecular weight excluding hydrogens is 335 g/mol. The van der Waals surface area contributed by atoms with E-state index in [1.165, 1.54) is 37.7 Å². The maximum absolute atomic E-state index is 6.35. The highest BCUT2D eigenvalue weighted by atomic mass is 127. The van der Waals surface area contributed by atoms with Crippen molar-refractivity contribution in [3.8, 4) is 0 Å². The highest BCUT2D eigenvalue weighted by Gasteiger charge is 2.24. The molecule has 0 spiro atoms. The van der Waals surface area contributed by atoms with Crippen LogP contribution in [0.15, 0.2) is 30.3 Å². The summed E-state index contributed by atoms with van der Waals surface area (Å²) < 4.78 is 7.39. The van der Waals surface area contributed by atoms with Crippen molar-refractivity contribution in [3.63, 3.8) is 0 Å². The maximum Gasteiger partial charge on any atom is 0.0918 e. The number of ether oxygens (including phenoxy) is 1. The Bertz CT molecular complexity index is 338. The van der Waals surface area contributed by atoms with Gasteiger partial charge in [-0.15, -0.1) is 0 Å². The van der Waals surface area contributed by atoms with Gasteiger partial charge in [-0.1, -0.05) is 79.1 Å². The average Bonchev–Trinajstić information content (AvgIpc) is 2.46. The Kier molecular flexibility index (Phi) is 5.96. The quantitative estimate of drug-likeness (QED) is 0.523. The second-order valence-electron chi connectivity index (χ2n) is 5.25. The van der Waals surface area contributed by atoms with Crippen LogP contribution in [0.2, 0.25) is 0 Å². The Morgan fingerprint density at radius 2 is 2.06 bits per heavy atom. The first-order valence-electron chi connectivity index (χ1n) is 7.09. The minimum atomic E-state index is 0.271. The first-order chi connectivity index (χ1) is 8.83. The molecule has 100 valence electrons. The Morgan fingerprint density at radius 3 is 2.72 bits per heavy atom. The Hall–Kier alpha value is -0.0900.